The Balaban J connectivity index is 1.14. The van der Waals surface area contributed by atoms with Gasteiger partial charge in [-0.25, -0.2) is 0 Å². The van der Waals surface area contributed by atoms with E-state index in [0.717, 1.165) is 38.1 Å². The molecule has 1 saturated heterocycles. The molecule has 0 bridgehead atoms. The van der Waals surface area contributed by atoms with Gasteiger partial charge in [0.15, 0.2) is 0 Å². The summed E-state index contributed by atoms with van der Waals surface area (Å²) < 4.78 is 12.0. The molecule has 11 nitrogen and oxygen atoms in total. The van der Waals surface area contributed by atoms with Gasteiger partial charge >= 0.3 is 0 Å². The third-order valence-electron chi connectivity index (χ3n) is 9.42. The van der Waals surface area contributed by atoms with Gasteiger partial charge in [-0.1, -0.05) is 41.6 Å². The monoisotopic (exact) mass is 711 g/mol. The Morgan fingerprint density at radius 3 is 2.61 bits per heavy atom. The van der Waals surface area contributed by atoms with Crippen molar-refractivity contribution in [1.29, 1.82) is 0 Å². The fourth-order valence-corrected chi connectivity index (χ4v) is 7.81. The van der Waals surface area contributed by atoms with Crippen LogP contribution in [0.25, 0.3) is 12.2 Å². The Bertz CT molecular complexity index is 1900. The summed E-state index contributed by atoms with van der Waals surface area (Å²) in [5.41, 5.74) is 3.99. The van der Waals surface area contributed by atoms with Crippen molar-refractivity contribution in [1.82, 2.24) is 25.8 Å². The van der Waals surface area contributed by atoms with Crippen molar-refractivity contribution in [2.45, 2.75) is 75.4 Å². The van der Waals surface area contributed by atoms with Gasteiger partial charge in [0.05, 0.1) is 35.6 Å². The summed E-state index contributed by atoms with van der Waals surface area (Å²) in [5, 5.41) is 8.63. The highest BCUT2D eigenvalue weighted by molar-refractivity contribution is 7.99. The molecular weight excluding hydrogens is 667 g/mol. The molecule has 6 rings (SSSR count). The smallest absolute Gasteiger partial charge is 0.251 e. The van der Waals surface area contributed by atoms with E-state index in [9.17, 15) is 19.2 Å². The lowest BCUT2D eigenvalue weighted by atomic mass is 9.99. The number of ether oxygens (including phenoxy) is 2. The van der Waals surface area contributed by atoms with E-state index in [2.05, 4.69) is 27.0 Å². The number of carbonyl (C=O) groups is 4. The summed E-state index contributed by atoms with van der Waals surface area (Å²) in [7, 11) is 0. The molecule has 3 heterocycles. The van der Waals surface area contributed by atoms with E-state index in [1.54, 1.807) is 28.8 Å². The van der Waals surface area contributed by atoms with Gasteiger partial charge in [0.2, 0.25) is 17.7 Å². The number of H-pyrrole nitrogens is 1. The number of fused-ring (bicyclic) bond motifs is 3. The molecule has 51 heavy (non-hydrogen) atoms. The number of carbonyl (C=O) groups excluding carboxylic acids is 4. The summed E-state index contributed by atoms with van der Waals surface area (Å²) in [5.74, 6) is 0.168. The number of para-hydroxylation sites is 1. The maximum absolute atomic E-state index is 13.9. The molecule has 3 aromatic rings. The fourth-order valence-electron chi connectivity index (χ4n) is 6.88. The van der Waals surface area contributed by atoms with Crippen LogP contribution in [0, 0.1) is 5.41 Å². The first kappa shape index (κ1) is 36.0. The lowest BCUT2D eigenvalue weighted by molar-refractivity contribution is -0.139. The van der Waals surface area contributed by atoms with Crippen LogP contribution in [0.2, 0.25) is 0 Å². The second kappa shape index (κ2) is 15.2. The Morgan fingerprint density at radius 2 is 1.84 bits per heavy atom. The summed E-state index contributed by atoms with van der Waals surface area (Å²) in [6.07, 6.45) is 7.19. The number of aromatic nitrogens is 1. The Kier molecular flexibility index (Phi) is 10.7. The third-order valence-corrected chi connectivity index (χ3v) is 10.5. The average Bonchev–Trinajstić information content (AvgIpc) is 3.48. The zero-order chi connectivity index (χ0) is 36.3. The van der Waals surface area contributed by atoms with E-state index in [-0.39, 0.29) is 41.8 Å². The number of rotatable bonds is 13. The van der Waals surface area contributed by atoms with E-state index in [1.807, 2.05) is 76.2 Å². The molecular formula is C39H45N5O6S. The number of piperidine rings is 1. The standard InChI is InChI=1S/C39H45N5O6S/c1-6-9-28-27(16-23(2)3)17-29(43-28)24(4)42-38(48)30-19-39(22-49-15-14-40-25(5)45)20-35(39)44(30)36(46)21-41-37(47)26-12-13-34-32(18-26)50-31-10-7-8-11-33(31)51-34/h6-13,16-18,24,30,35,43H,14-15,19-22H2,1-5H3,(H,40,45)(H,41,47)(H,42,48)/b9-6-/t24-,30+,35+,39-/m1/s1. The number of nitrogens with zero attached hydrogens (tertiary/aromatic N) is 1. The van der Waals surface area contributed by atoms with Crippen molar-refractivity contribution < 1.29 is 28.7 Å². The van der Waals surface area contributed by atoms with Gasteiger partial charge in [0.25, 0.3) is 5.91 Å². The van der Waals surface area contributed by atoms with Crippen molar-refractivity contribution in [2.24, 2.45) is 5.41 Å². The average molecular weight is 712 g/mol. The minimum atomic E-state index is -0.731. The highest BCUT2D eigenvalue weighted by Gasteiger charge is 2.67. The number of aromatic amines is 1. The topological polar surface area (TPSA) is 142 Å². The van der Waals surface area contributed by atoms with Crippen molar-refractivity contribution in [3.05, 3.63) is 82.7 Å². The van der Waals surface area contributed by atoms with Crippen LogP contribution in [0.3, 0.4) is 0 Å². The van der Waals surface area contributed by atoms with E-state index in [4.69, 9.17) is 9.47 Å². The summed E-state index contributed by atoms with van der Waals surface area (Å²) >= 11 is 1.57. The highest BCUT2D eigenvalue weighted by atomic mass is 32.2. The van der Waals surface area contributed by atoms with Gasteiger partial charge in [0.1, 0.15) is 17.5 Å². The van der Waals surface area contributed by atoms with Gasteiger partial charge in [-0.05, 0) is 88.6 Å². The number of hydrogen-bond acceptors (Lipinski definition) is 7. The summed E-state index contributed by atoms with van der Waals surface area (Å²) in [6, 6.07) is 13.7. The van der Waals surface area contributed by atoms with E-state index >= 15 is 0 Å². The predicted octanol–water partition coefficient (Wildman–Crippen LogP) is 5.85. The van der Waals surface area contributed by atoms with Crippen molar-refractivity contribution in [3.63, 3.8) is 0 Å². The number of nitrogens with one attached hydrogen (secondary N) is 4. The highest BCUT2D eigenvalue weighted by Crippen LogP contribution is 2.59. The number of likely N-dealkylation sites (tertiary alicyclic amines) is 1. The number of allylic oxidation sites excluding steroid dienone is 2. The quantitative estimate of drug-likeness (QED) is 0.128. The molecule has 4 amide bonds. The summed E-state index contributed by atoms with van der Waals surface area (Å²) in [4.78, 5) is 59.3. The Labute approximate surface area is 302 Å². The zero-order valence-corrected chi connectivity index (χ0v) is 30.4. The second-order valence-electron chi connectivity index (χ2n) is 13.7. The maximum Gasteiger partial charge on any atom is 0.251 e. The van der Waals surface area contributed by atoms with Crippen LogP contribution in [0.4, 0.5) is 0 Å². The molecule has 1 aliphatic carbocycles. The van der Waals surface area contributed by atoms with Crippen LogP contribution in [-0.2, 0) is 19.1 Å². The minimum absolute atomic E-state index is 0.133. The number of hydrogen-bond donors (Lipinski definition) is 4. The molecule has 0 unspecified atom stereocenters. The Hall–Kier alpha value is -4.81. The van der Waals surface area contributed by atoms with Gasteiger partial charge in [-0.15, -0.1) is 0 Å². The van der Waals surface area contributed by atoms with Gasteiger partial charge < -0.3 is 35.3 Å². The first-order valence-electron chi connectivity index (χ1n) is 17.3. The van der Waals surface area contributed by atoms with Crippen molar-refractivity contribution in [2.75, 3.05) is 26.3 Å². The van der Waals surface area contributed by atoms with E-state index in [0.29, 0.717) is 43.9 Å². The largest absolute Gasteiger partial charge is 0.455 e. The third kappa shape index (κ3) is 8.07. The van der Waals surface area contributed by atoms with E-state index < -0.39 is 11.9 Å². The predicted molar refractivity (Wildman–Crippen MR) is 196 cm³/mol. The van der Waals surface area contributed by atoms with Crippen LogP contribution in [0.1, 0.15) is 80.8 Å². The molecule has 268 valence electrons. The van der Waals surface area contributed by atoms with Gasteiger partial charge in [0, 0.05) is 41.9 Å². The Morgan fingerprint density at radius 1 is 1.06 bits per heavy atom. The number of amides is 4. The molecule has 4 N–H and O–H groups in total. The molecule has 2 aromatic carbocycles. The molecule has 2 fully saturated rings. The fraction of sp³-hybridized carbons (Fsp3) is 0.385. The normalized spacial score (nSPS) is 20.4. The van der Waals surface area contributed by atoms with Crippen LogP contribution < -0.4 is 20.7 Å². The molecule has 2 aliphatic heterocycles. The first-order chi connectivity index (χ1) is 24.5. The zero-order valence-electron chi connectivity index (χ0n) is 29.6. The molecule has 1 aromatic heterocycles. The molecule has 1 saturated carbocycles. The summed E-state index contributed by atoms with van der Waals surface area (Å²) in [6.45, 7) is 10.2. The SMILES string of the molecule is C/C=C\c1[nH]c([C@@H](C)NC(=O)[C@@H]2C[C@]3(COCCNC(C)=O)C[C@@H]3N2C(=O)CNC(=O)c2ccc3c(c2)Oc2ccccc2S3)cc1C=C(C)C. The van der Waals surface area contributed by atoms with Crippen LogP contribution >= 0.6 is 11.8 Å². The van der Waals surface area contributed by atoms with Crippen molar-refractivity contribution >= 4 is 47.5 Å². The van der Waals surface area contributed by atoms with Crippen LogP contribution in [0.5, 0.6) is 11.5 Å². The molecule has 4 atom stereocenters. The molecule has 0 spiro atoms. The minimum Gasteiger partial charge on any atom is -0.455 e. The van der Waals surface area contributed by atoms with Crippen molar-refractivity contribution in [3.8, 4) is 11.5 Å². The molecule has 12 heteroatoms. The first-order valence-corrected chi connectivity index (χ1v) is 18.1. The van der Waals surface area contributed by atoms with Crippen LogP contribution in [-0.4, -0.2) is 71.9 Å². The molecule has 0 radical (unpaired) electrons. The lowest BCUT2D eigenvalue weighted by Crippen LogP contribution is -2.51. The van der Waals surface area contributed by atoms with Crippen LogP contribution in [0.15, 0.2) is 70.0 Å². The van der Waals surface area contributed by atoms with Gasteiger partial charge in [-0.3, -0.25) is 19.2 Å². The molecule has 3 aliphatic rings. The maximum atomic E-state index is 13.9. The lowest BCUT2D eigenvalue weighted by Gasteiger charge is -2.28. The van der Waals surface area contributed by atoms with Gasteiger partial charge in [-0.2, -0.15) is 0 Å². The van der Waals surface area contributed by atoms with E-state index in [1.165, 1.54) is 6.92 Å². The second-order valence-corrected chi connectivity index (χ2v) is 14.8. The number of benzene rings is 2.